The van der Waals surface area contributed by atoms with Crippen molar-refractivity contribution in [2.45, 2.75) is 26.8 Å². The number of hydrogen-bond acceptors (Lipinski definition) is 6. The van der Waals surface area contributed by atoms with Crippen molar-refractivity contribution in [2.24, 2.45) is 4.99 Å². The van der Waals surface area contributed by atoms with Gasteiger partial charge in [-0.1, -0.05) is 47.7 Å². The lowest BCUT2D eigenvalue weighted by Gasteiger charge is -2.24. The van der Waals surface area contributed by atoms with Crippen LogP contribution < -0.4 is 19.6 Å². The summed E-state index contributed by atoms with van der Waals surface area (Å²) in [6, 6.07) is 14.6. The van der Waals surface area contributed by atoms with Crippen molar-refractivity contribution in [3.63, 3.8) is 0 Å². The van der Waals surface area contributed by atoms with Crippen LogP contribution in [0.15, 0.2) is 74.1 Å². The molecule has 0 N–H and O–H groups in total. The molecule has 4 rings (SSSR count). The van der Waals surface area contributed by atoms with Gasteiger partial charge >= 0.3 is 5.97 Å². The van der Waals surface area contributed by atoms with E-state index >= 15 is 0 Å². The van der Waals surface area contributed by atoms with Crippen LogP contribution in [-0.4, -0.2) is 23.8 Å². The van der Waals surface area contributed by atoms with E-state index in [0.717, 1.165) is 21.3 Å². The number of fused-ring (bicyclic) bond motifs is 1. The van der Waals surface area contributed by atoms with E-state index in [4.69, 9.17) is 9.47 Å². The summed E-state index contributed by atoms with van der Waals surface area (Å²) >= 11 is 4.82. The summed E-state index contributed by atoms with van der Waals surface area (Å²) in [7, 11) is 0. The number of nitrogens with zero attached hydrogens (tertiary/aromatic N) is 2. The van der Waals surface area contributed by atoms with Gasteiger partial charge in [-0.2, -0.15) is 0 Å². The Morgan fingerprint density at radius 3 is 2.61 bits per heavy atom. The largest absolute Gasteiger partial charge is 0.493 e. The molecule has 1 aliphatic heterocycles. The second kappa shape index (κ2) is 9.89. The smallest absolute Gasteiger partial charge is 0.338 e. The second-order valence-electron chi connectivity index (χ2n) is 7.34. The lowest BCUT2D eigenvalue weighted by Crippen LogP contribution is -2.39. The van der Waals surface area contributed by atoms with Crippen molar-refractivity contribution in [3.8, 4) is 5.75 Å². The molecule has 0 unspecified atom stereocenters. The number of thiazole rings is 1. The number of carbonyl (C=O) groups excluding carboxylic acids is 1. The van der Waals surface area contributed by atoms with Crippen molar-refractivity contribution in [2.75, 3.05) is 13.2 Å². The maximum absolute atomic E-state index is 13.6. The van der Waals surface area contributed by atoms with Gasteiger partial charge in [0.15, 0.2) is 4.80 Å². The van der Waals surface area contributed by atoms with Gasteiger partial charge in [-0.3, -0.25) is 9.36 Å². The van der Waals surface area contributed by atoms with E-state index in [1.54, 1.807) is 18.4 Å². The summed E-state index contributed by atoms with van der Waals surface area (Å²) in [5.74, 6) is 0.284. The normalized spacial score (nSPS) is 15.8. The molecule has 0 bridgehead atoms. The molecule has 0 spiro atoms. The van der Waals surface area contributed by atoms with Gasteiger partial charge in [-0.25, -0.2) is 9.79 Å². The van der Waals surface area contributed by atoms with Crippen molar-refractivity contribution in [3.05, 3.63) is 95.1 Å². The number of allylic oxidation sites excluding steroid dienone is 1. The Bertz CT molecular complexity index is 1410. The van der Waals surface area contributed by atoms with Crippen LogP contribution in [0.1, 0.15) is 37.9 Å². The molecule has 1 atom stereocenters. The lowest BCUT2D eigenvalue weighted by molar-refractivity contribution is -0.139. The van der Waals surface area contributed by atoms with Crippen LogP contribution in [0.2, 0.25) is 0 Å². The Morgan fingerprint density at radius 1 is 1.18 bits per heavy atom. The first-order valence-corrected chi connectivity index (χ1v) is 12.2. The Kier molecular flexibility index (Phi) is 6.95. The average Bonchev–Trinajstić information content (AvgIpc) is 3.10. The van der Waals surface area contributed by atoms with Gasteiger partial charge in [0.2, 0.25) is 0 Å². The molecule has 0 amide bonds. The van der Waals surface area contributed by atoms with Crippen LogP contribution in [0.5, 0.6) is 5.75 Å². The number of rotatable bonds is 6. The third-order valence-corrected chi connectivity index (χ3v) is 6.79. The molecular weight excluding hydrogens is 504 g/mol. The van der Waals surface area contributed by atoms with Crippen LogP contribution in [-0.2, 0) is 9.53 Å². The van der Waals surface area contributed by atoms with E-state index < -0.39 is 12.0 Å². The Hall–Kier alpha value is -2.97. The van der Waals surface area contributed by atoms with Gasteiger partial charge in [0.05, 0.1) is 39.5 Å². The molecular formula is C25H23BrN2O4S. The van der Waals surface area contributed by atoms with Gasteiger partial charge in [-0.05, 0) is 66.0 Å². The van der Waals surface area contributed by atoms with Crippen molar-refractivity contribution >= 4 is 39.3 Å². The zero-order chi connectivity index (χ0) is 23.5. The second-order valence-corrected chi connectivity index (χ2v) is 9.20. The molecule has 0 aliphatic carbocycles. The van der Waals surface area contributed by atoms with Crippen molar-refractivity contribution < 1.29 is 14.3 Å². The minimum absolute atomic E-state index is 0.202. The molecule has 170 valence electrons. The molecule has 8 heteroatoms. The van der Waals surface area contributed by atoms with Crippen molar-refractivity contribution in [1.29, 1.82) is 0 Å². The zero-order valence-corrected chi connectivity index (χ0v) is 20.9. The molecule has 0 fully saturated rings. The minimum Gasteiger partial charge on any atom is -0.493 e. The van der Waals surface area contributed by atoms with E-state index in [9.17, 15) is 9.59 Å². The number of halogens is 1. The maximum atomic E-state index is 13.6. The quantitative estimate of drug-likeness (QED) is 0.456. The monoisotopic (exact) mass is 526 g/mol. The molecule has 0 radical (unpaired) electrons. The molecule has 2 heterocycles. The number of carbonyl (C=O) groups is 1. The summed E-state index contributed by atoms with van der Waals surface area (Å²) in [5.41, 5.74) is 2.41. The van der Waals surface area contributed by atoms with Crippen molar-refractivity contribution in [1.82, 2.24) is 4.57 Å². The van der Waals surface area contributed by atoms with E-state index in [-0.39, 0.29) is 12.2 Å². The fraction of sp³-hybridized carbons (Fsp3) is 0.240. The van der Waals surface area contributed by atoms with E-state index in [1.165, 1.54) is 11.3 Å². The standard InChI is InChI=1S/C25H23BrN2O4S/c1-4-31-19-12-11-16(13-18(19)26)14-20-23(29)28-22(17-9-7-6-8-10-17)21(24(30)32-5-2)15(3)27-25(28)33-20/h6-14,22H,4-5H2,1-3H3/b20-14-/t22-/m0/s1. The highest BCUT2D eigenvalue weighted by Gasteiger charge is 2.33. The minimum atomic E-state index is -0.601. The van der Waals surface area contributed by atoms with E-state index in [1.807, 2.05) is 61.5 Å². The summed E-state index contributed by atoms with van der Waals surface area (Å²) in [6.07, 6.45) is 1.83. The highest BCUT2D eigenvalue weighted by Crippen LogP contribution is 2.30. The number of aromatic nitrogens is 1. The van der Waals surface area contributed by atoms with Crippen LogP contribution in [0.25, 0.3) is 6.08 Å². The van der Waals surface area contributed by atoms with Crippen LogP contribution in [0.3, 0.4) is 0 Å². The highest BCUT2D eigenvalue weighted by atomic mass is 79.9. The van der Waals surface area contributed by atoms with Gasteiger partial charge < -0.3 is 9.47 Å². The topological polar surface area (TPSA) is 69.9 Å². The summed E-state index contributed by atoms with van der Waals surface area (Å²) in [6.45, 7) is 6.28. The van der Waals surface area contributed by atoms with Crippen LogP contribution in [0.4, 0.5) is 0 Å². The highest BCUT2D eigenvalue weighted by molar-refractivity contribution is 9.10. The first-order valence-electron chi connectivity index (χ1n) is 10.6. The van der Waals surface area contributed by atoms with Gasteiger partial charge in [-0.15, -0.1) is 0 Å². The molecule has 33 heavy (non-hydrogen) atoms. The predicted molar refractivity (Wildman–Crippen MR) is 132 cm³/mol. The number of esters is 1. The van der Waals surface area contributed by atoms with Gasteiger partial charge in [0.1, 0.15) is 5.75 Å². The van der Waals surface area contributed by atoms with Crippen LogP contribution >= 0.6 is 27.3 Å². The fourth-order valence-electron chi connectivity index (χ4n) is 3.77. The summed E-state index contributed by atoms with van der Waals surface area (Å²) in [5, 5.41) is 0. The predicted octanol–water partition coefficient (Wildman–Crippen LogP) is 3.96. The Morgan fingerprint density at radius 2 is 1.94 bits per heavy atom. The van der Waals surface area contributed by atoms with E-state index in [0.29, 0.717) is 27.2 Å². The number of ether oxygens (including phenoxy) is 2. The summed E-state index contributed by atoms with van der Waals surface area (Å²) < 4.78 is 13.8. The maximum Gasteiger partial charge on any atom is 0.338 e. The third kappa shape index (κ3) is 4.58. The molecule has 2 aromatic carbocycles. The number of benzene rings is 2. The molecule has 0 saturated carbocycles. The van der Waals surface area contributed by atoms with Gasteiger partial charge in [0.25, 0.3) is 5.56 Å². The zero-order valence-electron chi connectivity index (χ0n) is 18.5. The Balaban J connectivity index is 1.89. The third-order valence-electron chi connectivity index (χ3n) is 5.19. The SMILES string of the molecule is CCOC(=O)C1=C(C)N=c2s/c(=C\c3ccc(OCC)c(Br)c3)c(=O)n2[C@H]1c1ccccc1. The molecule has 1 aromatic heterocycles. The van der Waals surface area contributed by atoms with Gasteiger partial charge in [0, 0.05) is 0 Å². The fourth-order valence-corrected chi connectivity index (χ4v) is 5.33. The molecule has 6 nitrogen and oxygen atoms in total. The average molecular weight is 527 g/mol. The summed E-state index contributed by atoms with van der Waals surface area (Å²) in [4.78, 5) is 31.6. The Labute approximate surface area is 203 Å². The first-order chi connectivity index (χ1) is 15.9. The molecule has 0 saturated heterocycles. The molecule has 1 aliphatic rings. The lowest BCUT2D eigenvalue weighted by atomic mass is 9.96. The molecule has 3 aromatic rings. The number of hydrogen-bond donors (Lipinski definition) is 0. The van der Waals surface area contributed by atoms with E-state index in [2.05, 4.69) is 20.9 Å². The first kappa shape index (κ1) is 23.2. The van der Waals surface area contributed by atoms with Crippen LogP contribution in [0, 0.1) is 0 Å².